The van der Waals surface area contributed by atoms with E-state index in [4.69, 9.17) is 9.15 Å². The molecular weight excluding hydrogens is 214 g/mol. The van der Waals surface area contributed by atoms with E-state index in [0.29, 0.717) is 5.92 Å². The zero-order chi connectivity index (χ0) is 12.4. The first kappa shape index (κ1) is 12.0. The van der Waals surface area contributed by atoms with Gasteiger partial charge in [-0.05, 0) is 25.1 Å². The number of ether oxygens (including phenoxy) is 1. The van der Waals surface area contributed by atoms with E-state index in [1.165, 1.54) is 0 Å². The monoisotopic (exact) mass is 233 g/mol. The van der Waals surface area contributed by atoms with Crippen LogP contribution in [0.15, 0.2) is 28.7 Å². The Labute approximate surface area is 102 Å². The maximum atomic E-state index is 5.92. The molecule has 1 aromatic heterocycles. The molecule has 17 heavy (non-hydrogen) atoms. The zero-order valence-corrected chi connectivity index (χ0v) is 10.8. The summed E-state index contributed by atoms with van der Waals surface area (Å²) in [5.41, 5.74) is 0.825. The average Bonchev–Trinajstić information content (AvgIpc) is 2.72. The Hall–Kier alpha value is -1.48. The minimum absolute atomic E-state index is 0.229. The number of methoxy groups -OCH3 is 1. The molecule has 0 saturated carbocycles. The van der Waals surface area contributed by atoms with Gasteiger partial charge in [-0.2, -0.15) is 0 Å². The van der Waals surface area contributed by atoms with Crippen molar-refractivity contribution in [2.45, 2.75) is 19.9 Å². The van der Waals surface area contributed by atoms with E-state index in [1.807, 2.05) is 25.2 Å². The highest BCUT2D eigenvalue weighted by Crippen LogP contribution is 2.32. The molecule has 0 spiro atoms. The fourth-order valence-corrected chi connectivity index (χ4v) is 2.17. The molecule has 0 radical (unpaired) electrons. The summed E-state index contributed by atoms with van der Waals surface area (Å²) >= 11 is 0. The van der Waals surface area contributed by atoms with Crippen LogP contribution in [0.5, 0.6) is 5.75 Å². The predicted molar refractivity (Wildman–Crippen MR) is 69.4 cm³/mol. The molecule has 1 aromatic carbocycles. The summed E-state index contributed by atoms with van der Waals surface area (Å²) in [4.78, 5) is 0. The van der Waals surface area contributed by atoms with Crippen LogP contribution in [0, 0.1) is 5.92 Å². The zero-order valence-electron chi connectivity index (χ0n) is 10.8. The van der Waals surface area contributed by atoms with Crippen LogP contribution in [0.3, 0.4) is 0 Å². The molecule has 0 bridgehead atoms. The van der Waals surface area contributed by atoms with Crippen LogP contribution in [0.2, 0.25) is 0 Å². The first-order valence-corrected chi connectivity index (χ1v) is 5.91. The van der Waals surface area contributed by atoms with E-state index >= 15 is 0 Å². The smallest absolute Gasteiger partial charge is 0.176 e. The third kappa shape index (κ3) is 2.15. The summed E-state index contributed by atoms with van der Waals surface area (Å²) in [5.74, 6) is 2.22. The highest BCUT2D eigenvalue weighted by molar-refractivity contribution is 5.83. The van der Waals surface area contributed by atoms with Gasteiger partial charge in [-0.25, -0.2) is 0 Å². The van der Waals surface area contributed by atoms with Crippen molar-refractivity contribution < 1.29 is 9.15 Å². The molecular formula is C14H19NO2. The maximum Gasteiger partial charge on any atom is 0.176 e. The molecule has 1 N–H and O–H groups in total. The molecule has 0 aliphatic heterocycles. The lowest BCUT2D eigenvalue weighted by Gasteiger charge is -2.17. The van der Waals surface area contributed by atoms with E-state index in [1.54, 1.807) is 7.11 Å². The van der Waals surface area contributed by atoms with Crippen LogP contribution in [0.25, 0.3) is 11.0 Å². The number of para-hydroxylation sites is 1. The average molecular weight is 233 g/mol. The first-order chi connectivity index (χ1) is 8.17. The molecule has 3 nitrogen and oxygen atoms in total. The number of rotatable bonds is 4. The number of fused-ring (bicyclic) bond motifs is 1. The molecule has 2 rings (SSSR count). The van der Waals surface area contributed by atoms with E-state index in [9.17, 15) is 0 Å². The lowest BCUT2D eigenvalue weighted by molar-refractivity contribution is 0.362. The number of nitrogens with one attached hydrogen (secondary N) is 1. The minimum atomic E-state index is 0.229. The van der Waals surface area contributed by atoms with Crippen LogP contribution in [0.4, 0.5) is 0 Å². The fourth-order valence-electron chi connectivity index (χ4n) is 2.17. The summed E-state index contributed by atoms with van der Waals surface area (Å²) in [7, 11) is 3.62. The molecule has 1 unspecified atom stereocenters. The largest absolute Gasteiger partial charge is 0.493 e. The normalized spacial score (nSPS) is 13.2. The van der Waals surface area contributed by atoms with Crippen molar-refractivity contribution in [1.82, 2.24) is 5.32 Å². The molecule has 0 fully saturated rings. The lowest BCUT2D eigenvalue weighted by atomic mass is 10.0. The standard InChI is InChI=1S/C14H19NO2/c1-9(2)13(15-3)12-8-10-6-5-7-11(16-4)14(10)17-12/h5-9,13,15H,1-4H3. The van der Waals surface area contributed by atoms with Gasteiger partial charge < -0.3 is 14.5 Å². The van der Waals surface area contributed by atoms with Crippen LogP contribution in [-0.2, 0) is 0 Å². The van der Waals surface area contributed by atoms with Gasteiger partial charge in [0, 0.05) is 5.39 Å². The van der Waals surface area contributed by atoms with Crippen molar-refractivity contribution in [3.05, 3.63) is 30.0 Å². The van der Waals surface area contributed by atoms with Crippen LogP contribution < -0.4 is 10.1 Å². The van der Waals surface area contributed by atoms with Gasteiger partial charge in [-0.1, -0.05) is 26.0 Å². The van der Waals surface area contributed by atoms with E-state index in [2.05, 4.69) is 25.2 Å². The van der Waals surface area contributed by atoms with Gasteiger partial charge in [-0.3, -0.25) is 0 Å². The highest BCUT2D eigenvalue weighted by atomic mass is 16.5. The minimum Gasteiger partial charge on any atom is -0.493 e. The SMILES string of the molecule is CNC(c1cc2cccc(OC)c2o1)C(C)C. The molecule has 92 valence electrons. The summed E-state index contributed by atoms with van der Waals surface area (Å²) < 4.78 is 11.2. The molecule has 0 saturated heterocycles. The maximum absolute atomic E-state index is 5.92. The van der Waals surface area contributed by atoms with Crippen LogP contribution in [0.1, 0.15) is 25.6 Å². The van der Waals surface area contributed by atoms with Crippen LogP contribution in [-0.4, -0.2) is 14.2 Å². The summed E-state index contributed by atoms with van der Waals surface area (Å²) in [5, 5.41) is 4.37. The third-order valence-corrected chi connectivity index (χ3v) is 3.03. The van der Waals surface area contributed by atoms with Crippen molar-refractivity contribution in [3.63, 3.8) is 0 Å². The van der Waals surface area contributed by atoms with Gasteiger partial charge in [0.15, 0.2) is 11.3 Å². The number of furan rings is 1. The van der Waals surface area contributed by atoms with Crippen molar-refractivity contribution in [2.75, 3.05) is 14.2 Å². The molecule has 1 heterocycles. The Kier molecular flexibility index (Phi) is 3.38. The predicted octanol–water partition coefficient (Wildman–Crippen LogP) is 3.36. The Morgan fingerprint density at radius 2 is 2.06 bits per heavy atom. The Balaban J connectivity index is 2.50. The van der Waals surface area contributed by atoms with Crippen molar-refractivity contribution in [3.8, 4) is 5.75 Å². The van der Waals surface area contributed by atoms with Gasteiger partial charge in [-0.15, -0.1) is 0 Å². The third-order valence-electron chi connectivity index (χ3n) is 3.03. The molecule has 0 aliphatic rings. The number of hydrogen-bond donors (Lipinski definition) is 1. The number of benzene rings is 1. The molecule has 0 amide bonds. The second-order valence-corrected chi connectivity index (χ2v) is 4.54. The van der Waals surface area contributed by atoms with Crippen molar-refractivity contribution >= 4 is 11.0 Å². The van der Waals surface area contributed by atoms with E-state index in [0.717, 1.165) is 22.5 Å². The Morgan fingerprint density at radius 1 is 1.29 bits per heavy atom. The molecule has 3 heteroatoms. The second kappa shape index (κ2) is 4.80. The topological polar surface area (TPSA) is 34.4 Å². The van der Waals surface area contributed by atoms with Crippen molar-refractivity contribution in [1.29, 1.82) is 0 Å². The Morgan fingerprint density at radius 3 is 2.65 bits per heavy atom. The van der Waals surface area contributed by atoms with E-state index in [-0.39, 0.29) is 6.04 Å². The summed E-state index contributed by atoms with van der Waals surface area (Å²) in [6, 6.07) is 8.24. The van der Waals surface area contributed by atoms with Gasteiger partial charge in [0.1, 0.15) is 5.76 Å². The second-order valence-electron chi connectivity index (χ2n) is 4.54. The Bertz CT molecular complexity index is 502. The fraction of sp³-hybridized carbons (Fsp3) is 0.429. The first-order valence-electron chi connectivity index (χ1n) is 5.91. The van der Waals surface area contributed by atoms with Gasteiger partial charge in [0.2, 0.25) is 0 Å². The highest BCUT2D eigenvalue weighted by Gasteiger charge is 2.19. The van der Waals surface area contributed by atoms with Gasteiger partial charge >= 0.3 is 0 Å². The quantitative estimate of drug-likeness (QED) is 0.879. The van der Waals surface area contributed by atoms with E-state index < -0.39 is 0 Å². The molecule has 0 aliphatic carbocycles. The van der Waals surface area contributed by atoms with Gasteiger partial charge in [0.05, 0.1) is 13.2 Å². The number of hydrogen-bond acceptors (Lipinski definition) is 3. The molecule has 1 atom stereocenters. The molecule has 2 aromatic rings. The van der Waals surface area contributed by atoms with Crippen molar-refractivity contribution in [2.24, 2.45) is 5.92 Å². The summed E-state index contributed by atoms with van der Waals surface area (Å²) in [6.07, 6.45) is 0. The van der Waals surface area contributed by atoms with Gasteiger partial charge in [0.25, 0.3) is 0 Å². The lowest BCUT2D eigenvalue weighted by Crippen LogP contribution is -2.20. The van der Waals surface area contributed by atoms with Crippen LogP contribution >= 0.6 is 0 Å². The summed E-state index contributed by atoms with van der Waals surface area (Å²) in [6.45, 7) is 4.34.